The SMILES string of the molecule is CC1CCC(C(=O)Nc2cc(O)ccc2N)CC1. The highest BCUT2D eigenvalue weighted by atomic mass is 16.3. The van der Waals surface area contributed by atoms with Crippen LogP contribution in [0.25, 0.3) is 0 Å². The molecule has 0 aromatic heterocycles. The van der Waals surface area contributed by atoms with Crippen LogP contribution in [0.5, 0.6) is 5.75 Å². The number of nitrogen functional groups attached to an aromatic ring is 1. The summed E-state index contributed by atoms with van der Waals surface area (Å²) < 4.78 is 0. The van der Waals surface area contributed by atoms with Crippen molar-refractivity contribution in [2.45, 2.75) is 32.6 Å². The fraction of sp³-hybridized carbons (Fsp3) is 0.500. The number of nitrogens with two attached hydrogens (primary N) is 1. The van der Waals surface area contributed by atoms with Crippen molar-refractivity contribution in [1.29, 1.82) is 0 Å². The Morgan fingerprint density at radius 1 is 1.33 bits per heavy atom. The van der Waals surface area contributed by atoms with Gasteiger partial charge in [-0.3, -0.25) is 4.79 Å². The van der Waals surface area contributed by atoms with Gasteiger partial charge in [0.15, 0.2) is 0 Å². The van der Waals surface area contributed by atoms with E-state index in [9.17, 15) is 9.90 Å². The Morgan fingerprint density at radius 3 is 2.67 bits per heavy atom. The quantitative estimate of drug-likeness (QED) is 0.556. The molecule has 0 heterocycles. The van der Waals surface area contributed by atoms with Gasteiger partial charge in [-0.25, -0.2) is 0 Å². The summed E-state index contributed by atoms with van der Waals surface area (Å²) in [5.74, 6) is 0.916. The number of rotatable bonds is 2. The second-order valence-electron chi connectivity index (χ2n) is 5.22. The molecule has 0 atom stereocenters. The molecule has 0 radical (unpaired) electrons. The standard InChI is InChI=1S/C14H20N2O2/c1-9-2-4-10(5-3-9)14(18)16-13-8-11(17)6-7-12(13)15/h6-10,17H,2-5,15H2,1H3,(H,16,18). The fourth-order valence-corrected chi connectivity index (χ4v) is 2.41. The molecule has 4 nitrogen and oxygen atoms in total. The molecule has 0 spiro atoms. The first kappa shape index (κ1) is 12.7. The first-order valence-corrected chi connectivity index (χ1v) is 6.45. The second-order valence-corrected chi connectivity index (χ2v) is 5.22. The van der Waals surface area contributed by atoms with Gasteiger partial charge in [0.05, 0.1) is 11.4 Å². The van der Waals surface area contributed by atoms with Gasteiger partial charge in [0, 0.05) is 12.0 Å². The average Bonchev–Trinajstić information content (AvgIpc) is 2.34. The Kier molecular flexibility index (Phi) is 3.75. The van der Waals surface area contributed by atoms with Crippen molar-refractivity contribution < 1.29 is 9.90 Å². The van der Waals surface area contributed by atoms with Crippen LogP contribution in [0.1, 0.15) is 32.6 Å². The van der Waals surface area contributed by atoms with Crippen LogP contribution in [0.4, 0.5) is 11.4 Å². The van der Waals surface area contributed by atoms with E-state index in [-0.39, 0.29) is 17.6 Å². The first-order chi connectivity index (χ1) is 8.56. The molecule has 4 heteroatoms. The molecule has 4 N–H and O–H groups in total. The third kappa shape index (κ3) is 2.94. The van der Waals surface area contributed by atoms with Crippen molar-refractivity contribution in [3.63, 3.8) is 0 Å². The molecule has 18 heavy (non-hydrogen) atoms. The lowest BCUT2D eigenvalue weighted by Gasteiger charge is -2.25. The number of hydrogen-bond donors (Lipinski definition) is 3. The molecular formula is C14H20N2O2. The second kappa shape index (κ2) is 5.29. The van der Waals surface area contributed by atoms with E-state index in [0.717, 1.165) is 31.6 Å². The Labute approximate surface area is 107 Å². The van der Waals surface area contributed by atoms with Gasteiger partial charge in [-0.05, 0) is 43.7 Å². The molecule has 0 saturated heterocycles. The Balaban J connectivity index is 2.00. The van der Waals surface area contributed by atoms with E-state index < -0.39 is 0 Å². The zero-order valence-corrected chi connectivity index (χ0v) is 10.6. The fourth-order valence-electron chi connectivity index (χ4n) is 2.41. The van der Waals surface area contributed by atoms with Crippen LogP contribution >= 0.6 is 0 Å². The van der Waals surface area contributed by atoms with Crippen LogP contribution in [0.3, 0.4) is 0 Å². The minimum absolute atomic E-state index is 0.0131. The highest BCUT2D eigenvalue weighted by Gasteiger charge is 2.24. The summed E-state index contributed by atoms with van der Waals surface area (Å²) in [6.07, 6.45) is 4.08. The van der Waals surface area contributed by atoms with Crippen LogP contribution in [-0.2, 0) is 4.79 Å². The summed E-state index contributed by atoms with van der Waals surface area (Å²) in [4.78, 5) is 12.1. The lowest BCUT2D eigenvalue weighted by molar-refractivity contribution is -0.121. The van der Waals surface area contributed by atoms with Gasteiger partial charge in [-0.1, -0.05) is 6.92 Å². The number of hydrogen-bond acceptors (Lipinski definition) is 3. The Hall–Kier alpha value is -1.71. The van der Waals surface area contributed by atoms with Crippen molar-refractivity contribution >= 4 is 17.3 Å². The maximum atomic E-state index is 12.1. The number of anilines is 2. The number of phenols is 1. The Bertz CT molecular complexity index is 437. The third-order valence-corrected chi connectivity index (χ3v) is 3.68. The summed E-state index contributed by atoms with van der Waals surface area (Å²) in [6, 6.07) is 4.58. The number of carbonyl (C=O) groups excluding carboxylic acids is 1. The molecule has 98 valence electrons. The van der Waals surface area contributed by atoms with Crippen molar-refractivity contribution in [2.24, 2.45) is 11.8 Å². The molecule has 1 aliphatic rings. The van der Waals surface area contributed by atoms with Gasteiger partial charge in [-0.2, -0.15) is 0 Å². The maximum Gasteiger partial charge on any atom is 0.227 e. The molecule has 1 fully saturated rings. The highest BCUT2D eigenvalue weighted by Crippen LogP contribution is 2.30. The molecule has 1 aliphatic carbocycles. The monoisotopic (exact) mass is 248 g/mol. The van der Waals surface area contributed by atoms with E-state index in [1.54, 1.807) is 6.07 Å². The number of amides is 1. The summed E-state index contributed by atoms with van der Waals surface area (Å²) in [5.41, 5.74) is 6.74. The van der Waals surface area contributed by atoms with Gasteiger partial charge in [-0.15, -0.1) is 0 Å². The number of aromatic hydroxyl groups is 1. The third-order valence-electron chi connectivity index (χ3n) is 3.68. The largest absolute Gasteiger partial charge is 0.508 e. The van der Waals surface area contributed by atoms with Gasteiger partial charge < -0.3 is 16.2 Å². The minimum Gasteiger partial charge on any atom is -0.508 e. The molecular weight excluding hydrogens is 228 g/mol. The minimum atomic E-state index is 0.0131. The number of nitrogens with one attached hydrogen (secondary N) is 1. The molecule has 1 aromatic carbocycles. The number of carbonyl (C=O) groups is 1. The summed E-state index contributed by atoms with van der Waals surface area (Å²) in [7, 11) is 0. The predicted octanol–water partition coefficient (Wildman–Crippen LogP) is 2.74. The van der Waals surface area contributed by atoms with Crippen LogP contribution in [0.2, 0.25) is 0 Å². The van der Waals surface area contributed by atoms with Gasteiger partial charge in [0.2, 0.25) is 5.91 Å². The van der Waals surface area contributed by atoms with Crippen LogP contribution < -0.4 is 11.1 Å². The highest BCUT2D eigenvalue weighted by molar-refractivity contribution is 5.95. The van der Waals surface area contributed by atoms with Gasteiger partial charge >= 0.3 is 0 Å². The number of phenolic OH excluding ortho intramolecular Hbond substituents is 1. The molecule has 0 bridgehead atoms. The lowest BCUT2D eigenvalue weighted by Crippen LogP contribution is -2.26. The molecule has 1 aromatic rings. The Morgan fingerprint density at radius 2 is 2.00 bits per heavy atom. The summed E-state index contributed by atoms with van der Waals surface area (Å²) in [6.45, 7) is 2.22. The van der Waals surface area contributed by atoms with Crippen LogP contribution in [0, 0.1) is 11.8 Å². The topological polar surface area (TPSA) is 75.3 Å². The maximum absolute atomic E-state index is 12.1. The van der Waals surface area contributed by atoms with Crippen molar-refractivity contribution in [3.8, 4) is 5.75 Å². The van der Waals surface area contributed by atoms with E-state index >= 15 is 0 Å². The summed E-state index contributed by atoms with van der Waals surface area (Å²) >= 11 is 0. The van der Waals surface area contributed by atoms with E-state index in [1.807, 2.05) is 0 Å². The van der Waals surface area contributed by atoms with Gasteiger partial charge in [0.1, 0.15) is 5.75 Å². The normalized spacial score (nSPS) is 23.6. The molecule has 2 rings (SSSR count). The first-order valence-electron chi connectivity index (χ1n) is 6.45. The summed E-state index contributed by atoms with van der Waals surface area (Å²) in [5, 5.41) is 12.2. The van der Waals surface area contributed by atoms with Crippen molar-refractivity contribution in [3.05, 3.63) is 18.2 Å². The predicted molar refractivity (Wildman–Crippen MR) is 72.3 cm³/mol. The van der Waals surface area contributed by atoms with Crippen molar-refractivity contribution in [1.82, 2.24) is 0 Å². The van der Waals surface area contributed by atoms with Crippen LogP contribution in [0.15, 0.2) is 18.2 Å². The zero-order chi connectivity index (χ0) is 13.1. The smallest absolute Gasteiger partial charge is 0.227 e. The average molecular weight is 248 g/mol. The van der Waals surface area contributed by atoms with E-state index in [2.05, 4.69) is 12.2 Å². The van der Waals surface area contributed by atoms with Crippen molar-refractivity contribution in [2.75, 3.05) is 11.1 Å². The lowest BCUT2D eigenvalue weighted by atomic mass is 9.82. The van der Waals surface area contributed by atoms with E-state index in [1.165, 1.54) is 12.1 Å². The van der Waals surface area contributed by atoms with Gasteiger partial charge in [0.25, 0.3) is 0 Å². The zero-order valence-electron chi connectivity index (χ0n) is 10.6. The molecule has 0 unspecified atom stereocenters. The van der Waals surface area contributed by atoms with E-state index in [4.69, 9.17) is 5.73 Å². The molecule has 0 aliphatic heterocycles. The molecule has 1 amide bonds. The van der Waals surface area contributed by atoms with E-state index in [0.29, 0.717) is 11.4 Å². The van der Waals surface area contributed by atoms with Crippen LogP contribution in [-0.4, -0.2) is 11.0 Å². The molecule has 1 saturated carbocycles. The number of benzene rings is 1.